The van der Waals surface area contributed by atoms with Crippen molar-refractivity contribution in [1.29, 1.82) is 0 Å². The maximum atomic E-state index is 10.7. The van der Waals surface area contributed by atoms with Crippen molar-refractivity contribution >= 4 is 38.5 Å². The molecule has 0 amide bonds. The third-order valence-electron chi connectivity index (χ3n) is 2.93. The Morgan fingerprint density at radius 2 is 1.95 bits per heavy atom. The smallest absolute Gasteiger partial charge is 0.125 e. The lowest BCUT2D eigenvalue weighted by molar-refractivity contribution is 0.210. The molecule has 1 N–H and O–H groups in total. The molecule has 0 aliphatic rings. The van der Waals surface area contributed by atoms with E-state index in [1.54, 1.807) is 0 Å². The molecule has 2 aromatic rings. The second kappa shape index (κ2) is 7.43. The molecule has 2 nitrogen and oxygen atoms in total. The average Bonchev–Trinajstić information content (AvgIpc) is 2.47. The monoisotopic (exact) mass is 446 g/mol. The number of aliphatic hydroxyl groups excluding tert-OH is 1. The fraction of sp³-hybridized carbons (Fsp3) is 0.250. The summed E-state index contributed by atoms with van der Waals surface area (Å²) in [5.74, 6) is 0.743. The van der Waals surface area contributed by atoms with Crippen LogP contribution in [0.4, 0.5) is 0 Å². The number of rotatable bonds is 5. The van der Waals surface area contributed by atoms with Crippen molar-refractivity contribution in [3.63, 3.8) is 0 Å². The molecule has 0 heterocycles. The molecule has 0 fully saturated rings. The number of hydrogen-bond acceptors (Lipinski definition) is 2. The van der Waals surface area contributed by atoms with E-state index in [1.807, 2.05) is 42.5 Å². The molecular formula is C16H16BrIO2. The van der Waals surface area contributed by atoms with Crippen LogP contribution in [0, 0.1) is 3.57 Å². The minimum absolute atomic E-state index is 0.650. The third-order valence-corrected chi connectivity index (χ3v) is 4.32. The topological polar surface area (TPSA) is 29.5 Å². The van der Waals surface area contributed by atoms with E-state index in [-0.39, 0.29) is 0 Å². The Morgan fingerprint density at radius 3 is 2.70 bits per heavy atom. The van der Waals surface area contributed by atoms with Gasteiger partial charge < -0.3 is 9.84 Å². The zero-order valence-corrected chi connectivity index (χ0v) is 14.9. The van der Waals surface area contributed by atoms with Crippen LogP contribution in [-0.4, -0.2) is 11.7 Å². The normalized spacial score (nSPS) is 12.2. The van der Waals surface area contributed by atoms with Gasteiger partial charge in [-0.15, -0.1) is 0 Å². The summed E-state index contributed by atoms with van der Waals surface area (Å²) in [6, 6.07) is 13.6. The zero-order chi connectivity index (χ0) is 14.5. The van der Waals surface area contributed by atoms with E-state index in [2.05, 4.69) is 45.4 Å². The van der Waals surface area contributed by atoms with Crippen molar-refractivity contribution in [1.82, 2.24) is 0 Å². The molecule has 0 aromatic heterocycles. The predicted molar refractivity (Wildman–Crippen MR) is 93.1 cm³/mol. The molecule has 0 aliphatic heterocycles. The van der Waals surface area contributed by atoms with Crippen LogP contribution in [0.15, 0.2) is 46.9 Å². The van der Waals surface area contributed by atoms with Crippen LogP contribution in [0.5, 0.6) is 5.75 Å². The van der Waals surface area contributed by atoms with E-state index in [0.717, 1.165) is 31.3 Å². The Bertz CT molecular complexity index is 586. The van der Waals surface area contributed by atoms with Crippen molar-refractivity contribution in [2.45, 2.75) is 19.4 Å². The maximum absolute atomic E-state index is 10.7. The van der Waals surface area contributed by atoms with E-state index < -0.39 is 6.10 Å². The molecular weight excluding hydrogens is 431 g/mol. The van der Waals surface area contributed by atoms with Gasteiger partial charge in [-0.1, -0.05) is 41.1 Å². The van der Waals surface area contributed by atoms with Crippen LogP contribution in [0.3, 0.4) is 0 Å². The minimum atomic E-state index is -0.702. The number of ether oxygens (including phenoxy) is 1. The third kappa shape index (κ3) is 3.74. The quantitative estimate of drug-likeness (QED) is 0.660. The second-order valence-corrected chi connectivity index (χ2v) is 6.55. The van der Waals surface area contributed by atoms with Gasteiger partial charge in [0.1, 0.15) is 11.9 Å². The Labute approximate surface area is 141 Å². The highest BCUT2D eigenvalue weighted by atomic mass is 127. The van der Waals surface area contributed by atoms with Crippen LogP contribution in [-0.2, 0) is 0 Å². The molecule has 2 rings (SSSR count). The van der Waals surface area contributed by atoms with Gasteiger partial charge in [0.05, 0.1) is 6.61 Å². The molecule has 0 spiro atoms. The van der Waals surface area contributed by atoms with Crippen LogP contribution in [0.1, 0.15) is 30.6 Å². The summed E-state index contributed by atoms with van der Waals surface area (Å²) in [6.07, 6.45) is 0.240. The molecule has 1 atom stereocenters. The summed E-state index contributed by atoms with van der Waals surface area (Å²) in [4.78, 5) is 0. The Hall–Kier alpha value is -0.590. The highest BCUT2D eigenvalue weighted by Crippen LogP contribution is 2.34. The van der Waals surface area contributed by atoms with Crippen LogP contribution in [0.2, 0.25) is 0 Å². The first-order chi connectivity index (χ1) is 9.63. The predicted octanol–water partition coefficient (Wildman–Crippen LogP) is 4.92. The average molecular weight is 447 g/mol. The summed E-state index contributed by atoms with van der Waals surface area (Å²) in [5.41, 5.74) is 1.65. The molecule has 0 saturated carbocycles. The lowest BCUT2D eigenvalue weighted by atomic mass is 10.0. The first-order valence-corrected chi connectivity index (χ1v) is 8.35. The van der Waals surface area contributed by atoms with Crippen LogP contribution >= 0.6 is 38.5 Å². The first kappa shape index (κ1) is 15.8. The fourth-order valence-electron chi connectivity index (χ4n) is 1.94. The minimum Gasteiger partial charge on any atom is -0.493 e. The molecule has 0 bridgehead atoms. The molecule has 20 heavy (non-hydrogen) atoms. The van der Waals surface area contributed by atoms with Gasteiger partial charge in [-0.3, -0.25) is 0 Å². The van der Waals surface area contributed by atoms with E-state index in [4.69, 9.17) is 4.74 Å². The van der Waals surface area contributed by atoms with Crippen molar-refractivity contribution in [3.05, 3.63) is 61.6 Å². The van der Waals surface area contributed by atoms with Gasteiger partial charge in [-0.2, -0.15) is 0 Å². The first-order valence-electron chi connectivity index (χ1n) is 6.48. The molecule has 2 aromatic carbocycles. The molecule has 106 valence electrons. The maximum Gasteiger partial charge on any atom is 0.125 e. The van der Waals surface area contributed by atoms with Gasteiger partial charge in [-0.05, 0) is 53.3 Å². The standard InChI is InChI=1S/C16H16BrIO2/c1-2-9-20-15-6-4-3-5-12(15)16(19)13-10-11(18)7-8-14(13)17/h3-8,10,16,19H,2,9H2,1H3. The lowest BCUT2D eigenvalue weighted by Crippen LogP contribution is -2.05. The summed E-state index contributed by atoms with van der Waals surface area (Å²) >= 11 is 5.74. The van der Waals surface area contributed by atoms with E-state index in [1.165, 1.54) is 0 Å². The summed E-state index contributed by atoms with van der Waals surface area (Å²) < 4.78 is 7.71. The molecule has 0 radical (unpaired) electrons. The van der Waals surface area contributed by atoms with Crippen molar-refractivity contribution in [2.75, 3.05) is 6.61 Å². The van der Waals surface area contributed by atoms with Crippen LogP contribution in [0.25, 0.3) is 0 Å². The summed E-state index contributed by atoms with van der Waals surface area (Å²) in [6.45, 7) is 2.71. The Kier molecular flexibility index (Phi) is 5.86. The summed E-state index contributed by atoms with van der Waals surface area (Å²) in [7, 11) is 0. The largest absolute Gasteiger partial charge is 0.493 e. The second-order valence-electron chi connectivity index (χ2n) is 4.45. The van der Waals surface area contributed by atoms with Gasteiger partial charge in [0.2, 0.25) is 0 Å². The van der Waals surface area contributed by atoms with E-state index >= 15 is 0 Å². The van der Waals surface area contributed by atoms with Crippen molar-refractivity contribution < 1.29 is 9.84 Å². The number of aliphatic hydroxyl groups is 1. The van der Waals surface area contributed by atoms with Crippen LogP contribution < -0.4 is 4.74 Å². The van der Waals surface area contributed by atoms with Gasteiger partial charge in [0.25, 0.3) is 0 Å². The van der Waals surface area contributed by atoms with E-state index in [9.17, 15) is 5.11 Å². The SMILES string of the molecule is CCCOc1ccccc1C(O)c1cc(I)ccc1Br. The van der Waals surface area contributed by atoms with Gasteiger partial charge >= 0.3 is 0 Å². The molecule has 4 heteroatoms. The number of para-hydroxylation sites is 1. The van der Waals surface area contributed by atoms with Crippen molar-refractivity contribution in [3.8, 4) is 5.75 Å². The fourth-order valence-corrected chi connectivity index (χ4v) is 2.92. The number of benzene rings is 2. The number of hydrogen-bond donors (Lipinski definition) is 1. The molecule has 0 saturated heterocycles. The zero-order valence-electron chi connectivity index (χ0n) is 11.1. The lowest BCUT2D eigenvalue weighted by Gasteiger charge is -2.17. The Balaban J connectivity index is 2.37. The van der Waals surface area contributed by atoms with E-state index in [0.29, 0.717) is 6.61 Å². The number of halogens is 2. The highest BCUT2D eigenvalue weighted by molar-refractivity contribution is 14.1. The molecule has 1 unspecified atom stereocenters. The van der Waals surface area contributed by atoms with Gasteiger partial charge in [0, 0.05) is 19.2 Å². The van der Waals surface area contributed by atoms with Crippen molar-refractivity contribution in [2.24, 2.45) is 0 Å². The summed E-state index contributed by atoms with van der Waals surface area (Å²) in [5, 5.41) is 10.7. The van der Waals surface area contributed by atoms with Gasteiger partial charge in [-0.25, -0.2) is 0 Å². The highest BCUT2D eigenvalue weighted by Gasteiger charge is 2.18. The Morgan fingerprint density at radius 1 is 1.20 bits per heavy atom. The molecule has 0 aliphatic carbocycles. The van der Waals surface area contributed by atoms with Gasteiger partial charge in [0.15, 0.2) is 0 Å².